The van der Waals surface area contributed by atoms with Gasteiger partial charge >= 0.3 is 5.69 Å². The van der Waals surface area contributed by atoms with Gasteiger partial charge in [0.1, 0.15) is 22.9 Å². The Morgan fingerprint density at radius 3 is 2.50 bits per heavy atom. The number of aromatic nitrogens is 4. The van der Waals surface area contributed by atoms with Crippen LogP contribution in [0.25, 0.3) is 11.2 Å². The fourth-order valence-electron chi connectivity index (χ4n) is 2.65. The molecule has 8 heteroatoms. The Morgan fingerprint density at radius 2 is 1.83 bits per heavy atom. The van der Waals surface area contributed by atoms with Crippen molar-refractivity contribution in [2.24, 2.45) is 7.05 Å². The van der Waals surface area contributed by atoms with Gasteiger partial charge in [-0.2, -0.15) is 0 Å². The molecule has 0 aliphatic carbocycles. The van der Waals surface area contributed by atoms with Crippen molar-refractivity contribution < 1.29 is 8.83 Å². The van der Waals surface area contributed by atoms with Gasteiger partial charge in [0.15, 0.2) is 5.65 Å². The number of imidazole rings is 1. The van der Waals surface area contributed by atoms with E-state index in [-0.39, 0.29) is 12.1 Å². The van der Waals surface area contributed by atoms with Crippen molar-refractivity contribution in [1.29, 1.82) is 0 Å². The molecule has 0 aliphatic heterocycles. The summed E-state index contributed by atoms with van der Waals surface area (Å²) < 4.78 is 13.1. The molecule has 0 aromatic carbocycles. The summed E-state index contributed by atoms with van der Waals surface area (Å²) in [6, 6.07) is 7.11. The Kier molecular flexibility index (Phi) is 3.23. The SMILES string of the molecule is Cn1c(=O)c2[nH]c(Cc3ccco3)nc2n(Cc2ccco2)c1=O. The van der Waals surface area contributed by atoms with E-state index < -0.39 is 11.2 Å². The fraction of sp³-hybridized carbons (Fsp3) is 0.188. The molecule has 8 nitrogen and oxygen atoms in total. The topological polar surface area (TPSA) is 99.0 Å². The molecule has 0 saturated heterocycles. The van der Waals surface area contributed by atoms with E-state index in [1.807, 2.05) is 6.07 Å². The largest absolute Gasteiger partial charge is 0.469 e. The molecule has 4 aromatic heterocycles. The van der Waals surface area contributed by atoms with E-state index >= 15 is 0 Å². The second kappa shape index (κ2) is 5.41. The number of furan rings is 2. The zero-order chi connectivity index (χ0) is 16.7. The summed E-state index contributed by atoms with van der Waals surface area (Å²) in [5.74, 6) is 1.87. The number of aromatic amines is 1. The van der Waals surface area contributed by atoms with E-state index in [1.165, 1.54) is 17.9 Å². The third-order valence-corrected chi connectivity index (χ3v) is 3.84. The van der Waals surface area contributed by atoms with Gasteiger partial charge in [0.25, 0.3) is 5.56 Å². The van der Waals surface area contributed by atoms with Crippen LogP contribution in [0.15, 0.2) is 55.2 Å². The Morgan fingerprint density at radius 1 is 1.12 bits per heavy atom. The first-order valence-corrected chi connectivity index (χ1v) is 7.36. The molecule has 0 bridgehead atoms. The highest BCUT2D eigenvalue weighted by Gasteiger charge is 2.17. The first-order valence-electron chi connectivity index (χ1n) is 7.36. The van der Waals surface area contributed by atoms with Gasteiger partial charge in [0.2, 0.25) is 0 Å². The molecule has 4 heterocycles. The number of hydrogen-bond acceptors (Lipinski definition) is 5. The highest BCUT2D eigenvalue weighted by molar-refractivity contribution is 5.70. The van der Waals surface area contributed by atoms with Gasteiger partial charge in [-0.15, -0.1) is 0 Å². The summed E-state index contributed by atoms with van der Waals surface area (Å²) in [6.07, 6.45) is 3.51. The maximum atomic E-state index is 12.5. The quantitative estimate of drug-likeness (QED) is 0.608. The van der Waals surface area contributed by atoms with E-state index in [0.717, 1.165) is 4.57 Å². The molecule has 0 atom stereocenters. The number of nitrogens with zero attached hydrogens (tertiary/aromatic N) is 3. The first kappa shape index (κ1) is 14.3. The normalized spacial score (nSPS) is 11.4. The van der Waals surface area contributed by atoms with E-state index in [0.29, 0.717) is 29.4 Å². The molecule has 0 aliphatic rings. The van der Waals surface area contributed by atoms with Crippen LogP contribution in [-0.4, -0.2) is 19.1 Å². The van der Waals surface area contributed by atoms with Crippen LogP contribution in [0.2, 0.25) is 0 Å². The van der Waals surface area contributed by atoms with E-state index in [4.69, 9.17) is 8.83 Å². The van der Waals surface area contributed by atoms with Crippen LogP contribution < -0.4 is 11.2 Å². The number of H-pyrrole nitrogens is 1. The summed E-state index contributed by atoms with van der Waals surface area (Å²) >= 11 is 0. The molecule has 0 fully saturated rings. The standard InChI is InChI=1S/C16H14N4O4/c1-19-15(21)13-14(18-12(17-13)8-10-4-2-6-23-10)20(16(19)22)9-11-5-3-7-24-11/h2-7H,8-9H2,1H3,(H,17,18). The lowest BCUT2D eigenvalue weighted by atomic mass is 10.3. The molecular weight excluding hydrogens is 312 g/mol. The van der Waals surface area contributed by atoms with Crippen LogP contribution in [0.4, 0.5) is 0 Å². The Balaban J connectivity index is 1.88. The maximum absolute atomic E-state index is 12.5. The van der Waals surface area contributed by atoms with Crippen LogP contribution in [0.3, 0.4) is 0 Å². The molecule has 4 aromatic rings. The molecule has 0 spiro atoms. The zero-order valence-corrected chi connectivity index (χ0v) is 12.9. The molecule has 1 N–H and O–H groups in total. The lowest BCUT2D eigenvalue weighted by Gasteiger charge is -2.06. The van der Waals surface area contributed by atoms with Gasteiger partial charge in [-0.05, 0) is 24.3 Å². The predicted octanol–water partition coefficient (Wildman–Crippen LogP) is 1.25. The minimum atomic E-state index is -0.444. The van der Waals surface area contributed by atoms with E-state index in [1.54, 1.807) is 24.5 Å². The third-order valence-electron chi connectivity index (χ3n) is 3.84. The lowest BCUT2D eigenvalue weighted by molar-refractivity contribution is 0.486. The van der Waals surface area contributed by atoms with Crippen LogP contribution >= 0.6 is 0 Å². The monoisotopic (exact) mass is 326 g/mol. The first-order chi connectivity index (χ1) is 11.6. The second-order valence-corrected chi connectivity index (χ2v) is 5.45. The molecular formula is C16H14N4O4. The van der Waals surface area contributed by atoms with Gasteiger partial charge in [-0.25, -0.2) is 9.78 Å². The van der Waals surface area contributed by atoms with Crippen LogP contribution in [0.1, 0.15) is 17.3 Å². The van der Waals surface area contributed by atoms with Crippen molar-refractivity contribution in [2.45, 2.75) is 13.0 Å². The highest BCUT2D eigenvalue weighted by Crippen LogP contribution is 2.12. The Bertz CT molecular complexity index is 1100. The summed E-state index contributed by atoms with van der Waals surface area (Å²) in [4.78, 5) is 32.2. The van der Waals surface area contributed by atoms with Crippen LogP contribution in [-0.2, 0) is 20.0 Å². The summed E-state index contributed by atoms with van der Waals surface area (Å²) in [6.45, 7) is 0.196. The zero-order valence-electron chi connectivity index (χ0n) is 12.9. The Hall–Kier alpha value is -3.29. The Labute approximate surface area is 135 Å². The van der Waals surface area contributed by atoms with Crippen molar-refractivity contribution >= 4 is 11.2 Å². The molecule has 24 heavy (non-hydrogen) atoms. The minimum absolute atomic E-state index is 0.196. The molecule has 4 rings (SSSR count). The van der Waals surface area contributed by atoms with Crippen molar-refractivity contribution in [3.63, 3.8) is 0 Å². The van der Waals surface area contributed by atoms with E-state index in [9.17, 15) is 9.59 Å². The maximum Gasteiger partial charge on any atom is 0.332 e. The number of nitrogens with one attached hydrogen (secondary N) is 1. The average Bonchev–Trinajstić information content (AvgIpc) is 3.31. The number of fused-ring (bicyclic) bond motifs is 1. The summed E-state index contributed by atoms with van der Waals surface area (Å²) in [5, 5.41) is 0. The molecule has 0 amide bonds. The average molecular weight is 326 g/mol. The van der Waals surface area contributed by atoms with Crippen molar-refractivity contribution in [3.05, 3.63) is 75.0 Å². The van der Waals surface area contributed by atoms with Gasteiger partial charge < -0.3 is 13.8 Å². The van der Waals surface area contributed by atoms with Crippen LogP contribution in [0, 0.1) is 0 Å². The predicted molar refractivity (Wildman–Crippen MR) is 84.9 cm³/mol. The van der Waals surface area contributed by atoms with Crippen LogP contribution in [0.5, 0.6) is 0 Å². The second-order valence-electron chi connectivity index (χ2n) is 5.45. The number of hydrogen-bond donors (Lipinski definition) is 1. The summed E-state index contributed by atoms with van der Waals surface area (Å²) in [5.41, 5.74) is -0.268. The van der Waals surface area contributed by atoms with E-state index in [2.05, 4.69) is 9.97 Å². The summed E-state index contributed by atoms with van der Waals surface area (Å²) in [7, 11) is 1.44. The molecule has 0 unspecified atom stereocenters. The van der Waals surface area contributed by atoms with Gasteiger partial charge in [-0.3, -0.25) is 13.9 Å². The smallest absolute Gasteiger partial charge is 0.332 e. The lowest BCUT2D eigenvalue weighted by Crippen LogP contribution is -2.38. The fourth-order valence-corrected chi connectivity index (χ4v) is 2.65. The third kappa shape index (κ3) is 2.28. The molecule has 0 saturated carbocycles. The van der Waals surface area contributed by atoms with Gasteiger partial charge in [-0.1, -0.05) is 0 Å². The molecule has 0 radical (unpaired) electrons. The van der Waals surface area contributed by atoms with Gasteiger partial charge in [0, 0.05) is 7.05 Å². The van der Waals surface area contributed by atoms with Crippen molar-refractivity contribution in [3.8, 4) is 0 Å². The highest BCUT2D eigenvalue weighted by atomic mass is 16.3. The number of rotatable bonds is 4. The van der Waals surface area contributed by atoms with Gasteiger partial charge in [0.05, 0.1) is 25.5 Å². The molecule has 122 valence electrons. The van der Waals surface area contributed by atoms with Crippen molar-refractivity contribution in [1.82, 2.24) is 19.1 Å². The minimum Gasteiger partial charge on any atom is -0.469 e. The van der Waals surface area contributed by atoms with Crippen molar-refractivity contribution in [2.75, 3.05) is 0 Å².